The monoisotopic (exact) mass is 157 g/mol. The van der Waals surface area contributed by atoms with Crippen LogP contribution in [0.5, 0.6) is 0 Å². The van der Waals surface area contributed by atoms with Gasteiger partial charge < -0.3 is 4.74 Å². The van der Waals surface area contributed by atoms with Crippen molar-refractivity contribution in [2.24, 2.45) is 0 Å². The highest BCUT2D eigenvalue weighted by molar-refractivity contribution is 5.69. The first-order valence-electron chi connectivity index (χ1n) is 4.11. The van der Waals surface area contributed by atoms with Gasteiger partial charge >= 0.3 is 5.97 Å². The molecule has 0 aromatic heterocycles. The maximum atomic E-state index is 10.9. The third kappa shape index (κ3) is 7.37. The first-order valence-corrected chi connectivity index (χ1v) is 4.11. The quantitative estimate of drug-likeness (QED) is 0.572. The smallest absolute Gasteiger partial charge is 0.305 e. The average Bonchev–Trinajstić information content (AvgIpc) is 1.97. The summed E-state index contributed by atoms with van der Waals surface area (Å²) in [7, 11) is 0. The Morgan fingerprint density at radius 2 is 2.00 bits per heavy atom. The minimum atomic E-state index is -0.0759. The van der Waals surface area contributed by atoms with Crippen molar-refractivity contribution in [2.75, 3.05) is 6.61 Å². The number of carbonyl (C=O) groups excluding carboxylic acids is 1. The summed E-state index contributed by atoms with van der Waals surface area (Å²) in [5.74, 6) is 1.06. The van der Waals surface area contributed by atoms with E-state index < -0.39 is 0 Å². The van der Waals surface area contributed by atoms with E-state index in [2.05, 4.69) is 6.92 Å². The zero-order valence-corrected chi connectivity index (χ0v) is 7.64. The molecule has 0 rings (SSSR count). The van der Waals surface area contributed by atoms with E-state index in [1.54, 1.807) is 0 Å². The Hall–Kier alpha value is -0.530. The largest absolute Gasteiger partial charge is 0.465 e. The van der Waals surface area contributed by atoms with Crippen LogP contribution in [0.15, 0.2) is 0 Å². The second-order valence-corrected chi connectivity index (χ2v) is 2.97. The summed E-state index contributed by atoms with van der Waals surface area (Å²) >= 11 is 0. The van der Waals surface area contributed by atoms with Gasteiger partial charge in [-0.2, -0.15) is 0 Å². The molecule has 0 spiro atoms. The molecule has 65 valence electrons. The van der Waals surface area contributed by atoms with Gasteiger partial charge in [0.25, 0.3) is 0 Å². The van der Waals surface area contributed by atoms with Crippen molar-refractivity contribution in [2.45, 2.75) is 40.0 Å². The Morgan fingerprint density at radius 1 is 1.36 bits per heavy atom. The van der Waals surface area contributed by atoms with Crippen molar-refractivity contribution in [3.8, 4) is 0 Å². The molecule has 2 heteroatoms. The summed E-state index contributed by atoms with van der Waals surface area (Å²) in [5.41, 5.74) is 0. The van der Waals surface area contributed by atoms with Gasteiger partial charge in [-0.3, -0.25) is 4.79 Å². The van der Waals surface area contributed by atoms with Gasteiger partial charge in [-0.05, 0) is 6.42 Å². The van der Waals surface area contributed by atoms with Gasteiger partial charge in [-0.25, -0.2) is 0 Å². The summed E-state index contributed by atoms with van der Waals surface area (Å²) in [6, 6.07) is 0. The van der Waals surface area contributed by atoms with Crippen LogP contribution < -0.4 is 0 Å². The Kier molecular flexibility index (Phi) is 5.90. The normalized spacial score (nSPS) is 10.2. The minimum Gasteiger partial charge on any atom is -0.465 e. The highest BCUT2D eigenvalue weighted by Crippen LogP contribution is 2.00. The molecule has 0 atom stereocenters. The fourth-order valence-corrected chi connectivity index (χ4v) is 0.618. The molecule has 0 N–H and O–H groups in total. The van der Waals surface area contributed by atoms with Gasteiger partial charge in [-0.1, -0.05) is 27.2 Å². The van der Waals surface area contributed by atoms with Crippen molar-refractivity contribution >= 4 is 5.97 Å². The maximum absolute atomic E-state index is 10.9. The summed E-state index contributed by atoms with van der Waals surface area (Å²) in [5, 5.41) is 0. The minimum absolute atomic E-state index is 0.0759. The molecule has 0 fully saturated rings. The van der Waals surface area contributed by atoms with Crippen LogP contribution in [-0.2, 0) is 9.53 Å². The first-order chi connectivity index (χ1) is 5.16. The molecule has 0 saturated carbocycles. The fraction of sp³-hybridized carbons (Fsp3) is 0.778. The van der Waals surface area contributed by atoms with Crippen molar-refractivity contribution in [1.29, 1.82) is 0 Å². The third-order valence-electron chi connectivity index (χ3n) is 1.26. The first kappa shape index (κ1) is 10.5. The molecule has 11 heavy (non-hydrogen) atoms. The molecular weight excluding hydrogens is 140 g/mol. The van der Waals surface area contributed by atoms with E-state index in [4.69, 9.17) is 4.74 Å². The van der Waals surface area contributed by atoms with Gasteiger partial charge in [-0.15, -0.1) is 0 Å². The number of hydrogen-bond donors (Lipinski definition) is 0. The number of rotatable bonds is 5. The van der Waals surface area contributed by atoms with Crippen LogP contribution >= 0.6 is 0 Å². The molecule has 0 heterocycles. The van der Waals surface area contributed by atoms with Crippen LogP contribution in [0.25, 0.3) is 0 Å². The van der Waals surface area contributed by atoms with Crippen LogP contribution in [0, 0.1) is 5.92 Å². The molecule has 0 amide bonds. The van der Waals surface area contributed by atoms with Crippen LogP contribution in [0.1, 0.15) is 40.0 Å². The number of unbranched alkanes of at least 4 members (excludes halogenated alkanes) is 1. The zero-order chi connectivity index (χ0) is 8.69. The van der Waals surface area contributed by atoms with E-state index in [0.717, 1.165) is 18.8 Å². The van der Waals surface area contributed by atoms with Crippen LogP contribution in [0.2, 0.25) is 0 Å². The molecule has 0 aliphatic heterocycles. The lowest BCUT2D eigenvalue weighted by molar-refractivity contribution is -0.143. The van der Waals surface area contributed by atoms with Gasteiger partial charge in [0.15, 0.2) is 0 Å². The molecule has 0 aromatic rings. The molecule has 0 bridgehead atoms. The molecule has 0 aliphatic rings. The Morgan fingerprint density at radius 3 is 2.45 bits per heavy atom. The third-order valence-corrected chi connectivity index (χ3v) is 1.26. The predicted octanol–water partition coefficient (Wildman–Crippen LogP) is 2.33. The molecule has 0 aliphatic carbocycles. The summed E-state index contributed by atoms with van der Waals surface area (Å²) in [6.45, 7) is 6.44. The van der Waals surface area contributed by atoms with E-state index in [9.17, 15) is 4.79 Å². The SMILES string of the molecule is CCCCC(=O)OC[C](C)C. The van der Waals surface area contributed by atoms with Gasteiger partial charge in [0.05, 0.1) is 6.61 Å². The number of hydrogen-bond acceptors (Lipinski definition) is 2. The molecule has 0 unspecified atom stereocenters. The molecular formula is C9H17O2. The fourth-order valence-electron chi connectivity index (χ4n) is 0.618. The predicted molar refractivity (Wildman–Crippen MR) is 45.1 cm³/mol. The molecule has 1 radical (unpaired) electrons. The number of carbonyl (C=O) groups is 1. The lowest BCUT2D eigenvalue weighted by Gasteiger charge is -2.05. The zero-order valence-electron chi connectivity index (χ0n) is 7.64. The number of ether oxygens (including phenoxy) is 1. The Bertz CT molecular complexity index is 108. The second-order valence-electron chi connectivity index (χ2n) is 2.97. The second kappa shape index (κ2) is 6.20. The number of esters is 1. The topological polar surface area (TPSA) is 26.3 Å². The lowest BCUT2D eigenvalue weighted by Crippen LogP contribution is -2.08. The van der Waals surface area contributed by atoms with Crippen molar-refractivity contribution < 1.29 is 9.53 Å². The summed E-state index contributed by atoms with van der Waals surface area (Å²) < 4.78 is 4.93. The van der Waals surface area contributed by atoms with Gasteiger partial charge in [0.2, 0.25) is 0 Å². The van der Waals surface area contributed by atoms with E-state index in [-0.39, 0.29) is 5.97 Å². The van der Waals surface area contributed by atoms with Crippen LogP contribution in [-0.4, -0.2) is 12.6 Å². The van der Waals surface area contributed by atoms with Gasteiger partial charge in [0, 0.05) is 12.3 Å². The Balaban J connectivity index is 3.23. The van der Waals surface area contributed by atoms with Crippen molar-refractivity contribution in [1.82, 2.24) is 0 Å². The van der Waals surface area contributed by atoms with E-state index in [1.165, 1.54) is 0 Å². The standard InChI is InChI=1S/C9H17O2/c1-4-5-6-9(10)11-7-8(2)3/h4-7H2,1-3H3. The molecule has 0 saturated heterocycles. The lowest BCUT2D eigenvalue weighted by atomic mass is 10.2. The molecule has 0 aromatic carbocycles. The van der Waals surface area contributed by atoms with E-state index in [0.29, 0.717) is 13.0 Å². The summed E-state index contributed by atoms with van der Waals surface area (Å²) in [4.78, 5) is 10.9. The summed E-state index contributed by atoms with van der Waals surface area (Å²) in [6.07, 6.45) is 2.54. The van der Waals surface area contributed by atoms with Crippen LogP contribution in [0.4, 0.5) is 0 Å². The highest BCUT2D eigenvalue weighted by Gasteiger charge is 2.02. The highest BCUT2D eigenvalue weighted by atomic mass is 16.5. The van der Waals surface area contributed by atoms with Crippen molar-refractivity contribution in [3.05, 3.63) is 5.92 Å². The van der Waals surface area contributed by atoms with Gasteiger partial charge in [0.1, 0.15) is 0 Å². The van der Waals surface area contributed by atoms with E-state index in [1.807, 2.05) is 13.8 Å². The average molecular weight is 157 g/mol. The van der Waals surface area contributed by atoms with Crippen LogP contribution in [0.3, 0.4) is 0 Å². The van der Waals surface area contributed by atoms with Crippen molar-refractivity contribution in [3.63, 3.8) is 0 Å². The Labute approximate surface area is 68.9 Å². The molecule has 2 nitrogen and oxygen atoms in total. The maximum Gasteiger partial charge on any atom is 0.305 e. The van der Waals surface area contributed by atoms with E-state index >= 15 is 0 Å².